The number of hydrogen-bond acceptors (Lipinski definition) is 5. The van der Waals surface area contributed by atoms with Gasteiger partial charge in [0.05, 0.1) is 10.5 Å². The van der Waals surface area contributed by atoms with Gasteiger partial charge in [-0.15, -0.1) is 10.2 Å². The smallest absolute Gasteiger partial charge is 0.337 e. The Balaban J connectivity index is 2.20. The van der Waals surface area contributed by atoms with Gasteiger partial charge >= 0.3 is 5.97 Å². The molecule has 0 amide bonds. The fourth-order valence-electron chi connectivity index (χ4n) is 1.97. The van der Waals surface area contributed by atoms with E-state index in [4.69, 9.17) is 5.11 Å². The minimum Gasteiger partial charge on any atom is -0.478 e. The van der Waals surface area contributed by atoms with E-state index in [0.717, 1.165) is 0 Å². The summed E-state index contributed by atoms with van der Waals surface area (Å²) in [6.45, 7) is 0. The third-order valence-corrected chi connectivity index (χ3v) is 2.96. The number of carboxylic acid groups (broad SMARTS) is 1. The Labute approximate surface area is 117 Å². The predicted octanol–water partition coefficient (Wildman–Crippen LogP) is 2.00. The van der Waals surface area contributed by atoms with Gasteiger partial charge in [-0.05, 0) is 12.1 Å². The fraction of sp³-hybridized carbons (Fsp3) is 0. The van der Waals surface area contributed by atoms with Gasteiger partial charge < -0.3 is 5.11 Å². The Bertz CT molecular complexity index is 871. The van der Waals surface area contributed by atoms with Crippen LogP contribution < -0.4 is 0 Å². The van der Waals surface area contributed by atoms with Crippen LogP contribution in [0.5, 0.6) is 0 Å². The zero-order valence-corrected chi connectivity index (χ0v) is 10.5. The molecule has 0 saturated heterocycles. The lowest BCUT2D eigenvalue weighted by Crippen LogP contribution is -1.99. The molecule has 0 unspecified atom stereocenters. The van der Waals surface area contributed by atoms with Crippen LogP contribution in [0.25, 0.3) is 17.0 Å². The van der Waals surface area contributed by atoms with Crippen LogP contribution in [-0.2, 0) is 0 Å². The molecule has 0 saturated carbocycles. The molecule has 0 aliphatic rings. The summed E-state index contributed by atoms with van der Waals surface area (Å²) in [7, 11) is 0. The number of carboxylic acids is 1. The van der Waals surface area contributed by atoms with E-state index in [2.05, 4.69) is 10.2 Å². The Morgan fingerprint density at radius 3 is 2.76 bits per heavy atom. The number of benzene rings is 1. The standard InChI is InChI=1S/C13H8N4O4/c18-13(19)9-4-5-11-14-15-12(16(11)7-9)8-2-1-3-10(6-8)17(20)21/h1-7H,(H,18,19). The number of pyridine rings is 1. The van der Waals surface area contributed by atoms with Crippen molar-refractivity contribution >= 4 is 17.3 Å². The number of aromatic nitrogens is 3. The molecule has 0 radical (unpaired) electrons. The molecule has 0 fully saturated rings. The number of non-ortho nitro benzene ring substituents is 1. The summed E-state index contributed by atoms with van der Waals surface area (Å²) in [4.78, 5) is 21.3. The molecule has 0 bridgehead atoms. The molecular formula is C13H8N4O4. The molecule has 0 spiro atoms. The Kier molecular flexibility index (Phi) is 2.83. The minimum absolute atomic E-state index is 0.0707. The van der Waals surface area contributed by atoms with Gasteiger partial charge in [-0.3, -0.25) is 14.5 Å². The van der Waals surface area contributed by atoms with Crippen LogP contribution in [0.3, 0.4) is 0 Å². The van der Waals surface area contributed by atoms with Crippen LogP contribution in [0.15, 0.2) is 42.6 Å². The SMILES string of the molecule is O=C(O)c1ccc2nnc(-c3cccc([N+](=O)[O-])c3)n2c1. The first-order chi connectivity index (χ1) is 10.1. The topological polar surface area (TPSA) is 111 Å². The second-order valence-corrected chi connectivity index (χ2v) is 4.28. The lowest BCUT2D eigenvalue weighted by Gasteiger charge is -2.01. The summed E-state index contributed by atoms with van der Waals surface area (Å²) in [6, 6.07) is 8.87. The number of hydrogen-bond donors (Lipinski definition) is 1. The van der Waals surface area contributed by atoms with Gasteiger partial charge in [0.15, 0.2) is 11.5 Å². The molecule has 3 aromatic rings. The van der Waals surface area contributed by atoms with Gasteiger partial charge in [0, 0.05) is 23.9 Å². The minimum atomic E-state index is -1.07. The molecule has 2 heterocycles. The Morgan fingerprint density at radius 2 is 2.05 bits per heavy atom. The first-order valence-corrected chi connectivity index (χ1v) is 5.89. The largest absolute Gasteiger partial charge is 0.478 e. The molecule has 0 aliphatic carbocycles. The molecule has 2 aromatic heterocycles. The molecule has 21 heavy (non-hydrogen) atoms. The third kappa shape index (κ3) is 2.18. The van der Waals surface area contributed by atoms with E-state index in [1.165, 1.54) is 40.9 Å². The maximum absolute atomic E-state index is 11.0. The molecule has 0 aliphatic heterocycles. The van der Waals surface area contributed by atoms with Crippen LogP contribution in [-0.4, -0.2) is 30.6 Å². The normalized spacial score (nSPS) is 10.7. The van der Waals surface area contributed by atoms with Crippen molar-refractivity contribution in [2.75, 3.05) is 0 Å². The van der Waals surface area contributed by atoms with Crippen LogP contribution in [0.1, 0.15) is 10.4 Å². The quantitative estimate of drug-likeness (QED) is 0.581. The second kappa shape index (κ2) is 4.67. The van der Waals surface area contributed by atoms with Gasteiger partial charge in [-0.2, -0.15) is 0 Å². The molecule has 8 heteroatoms. The monoisotopic (exact) mass is 284 g/mol. The summed E-state index contributed by atoms with van der Waals surface area (Å²) < 4.78 is 1.49. The fourth-order valence-corrected chi connectivity index (χ4v) is 1.97. The summed E-state index contributed by atoms with van der Waals surface area (Å²) >= 11 is 0. The maximum Gasteiger partial charge on any atom is 0.337 e. The van der Waals surface area contributed by atoms with E-state index in [0.29, 0.717) is 17.0 Å². The summed E-state index contributed by atoms with van der Waals surface area (Å²) in [5, 5.41) is 27.7. The predicted molar refractivity (Wildman–Crippen MR) is 72.0 cm³/mol. The van der Waals surface area contributed by atoms with Gasteiger partial charge in [0.25, 0.3) is 5.69 Å². The van der Waals surface area contributed by atoms with Crippen molar-refractivity contribution in [3.8, 4) is 11.4 Å². The lowest BCUT2D eigenvalue weighted by atomic mass is 10.2. The summed E-state index contributed by atoms with van der Waals surface area (Å²) in [5.74, 6) is -0.729. The zero-order valence-electron chi connectivity index (χ0n) is 10.5. The average Bonchev–Trinajstić information content (AvgIpc) is 2.90. The number of aromatic carboxylic acids is 1. The van der Waals surface area contributed by atoms with Gasteiger partial charge in [0.2, 0.25) is 0 Å². The van der Waals surface area contributed by atoms with Crippen molar-refractivity contribution in [2.24, 2.45) is 0 Å². The van der Waals surface area contributed by atoms with Gasteiger partial charge in [-0.1, -0.05) is 12.1 Å². The highest BCUT2D eigenvalue weighted by molar-refractivity contribution is 5.87. The zero-order chi connectivity index (χ0) is 15.0. The summed E-state index contributed by atoms with van der Waals surface area (Å²) in [5.41, 5.74) is 0.952. The highest BCUT2D eigenvalue weighted by atomic mass is 16.6. The molecule has 3 rings (SSSR count). The molecule has 104 valence electrons. The molecule has 0 atom stereocenters. The molecule has 8 nitrogen and oxygen atoms in total. The second-order valence-electron chi connectivity index (χ2n) is 4.28. The molecule has 1 aromatic carbocycles. The maximum atomic E-state index is 11.0. The van der Waals surface area contributed by atoms with Crippen LogP contribution in [0, 0.1) is 10.1 Å². The average molecular weight is 284 g/mol. The Morgan fingerprint density at radius 1 is 1.24 bits per heavy atom. The number of nitrogens with zero attached hydrogens (tertiary/aromatic N) is 4. The lowest BCUT2D eigenvalue weighted by molar-refractivity contribution is -0.384. The van der Waals surface area contributed by atoms with Crippen LogP contribution in [0.4, 0.5) is 5.69 Å². The van der Waals surface area contributed by atoms with Crippen molar-refractivity contribution in [1.29, 1.82) is 0 Å². The first kappa shape index (κ1) is 12.7. The van der Waals surface area contributed by atoms with E-state index in [-0.39, 0.29) is 11.3 Å². The van der Waals surface area contributed by atoms with Crippen molar-refractivity contribution in [3.63, 3.8) is 0 Å². The number of nitro groups is 1. The highest BCUT2D eigenvalue weighted by Crippen LogP contribution is 2.23. The third-order valence-electron chi connectivity index (χ3n) is 2.96. The summed E-state index contributed by atoms with van der Waals surface area (Å²) in [6.07, 6.45) is 1.38. The Hall–Kier alpha value is -3.29. The number of rotatable bonds is 3. The van der Waals surface area contributed by atoms with Gasteiger partial charge in [0.1, 0.15) is 0 Å². The van der Waals surface area contributed by atoms with E-state index >= 15 is 0 Å². The number of carbonyl (C=O) groups is 1. The van der Waals surface area contributed by atoms with E-state index in [1.54, 1.807) is 6.07 Å². The molecule has 1 N–H and O–H groups in total. The van der Waals surface area contributed by atoms with E-state index in [1.807, 2.05) is 0 Å². The van der Waals surface area contributed by atoms with Crippen molar-refractivity contribution in [1.82, 2.24) is 14.6 Å². The van der Waals surface area contributed by atoms with Crippen LogP contribution >= 0.6 is 0 Å². The first-order valence-electron chi connectivity index (χ1n) is 5.89. The number of nitro benzene ring substituents is 1. The molecular weight excluding hydrogens is 276 g/mol. The highest BCUT2D eigenvalue weighted by Gasteiger charge is 2.13. The number of fused-ring (bicyclic) bond motifs is 1. The van der Waals surface area contributed by atoms with E-state index < -0.39 is 10.9 Å². The van der Waals surface area contributed by atoms with Crippen LogP contribution in [0.2, 0.25) is 0 Å². The van der Waals surface area contributed by atoms with Crippen molar-refractivity contribution in [2.45, 2.75) is 0 Å². The van der Waals surface area contributed by atoms with E-state index in [9.17, 15) is 14.9 Å². The van der Waals surface area contributed by atoms with Crippen molar-refractivity contribution < 1.29 is 14.8 Å². The van der Waals surface area contributed by atoms with Crippen molar-refractivity contribution in [3.05, 3.63) is 58.3 Å². The van der Waals surface area contributed by atoms with Gasteiger partial charge in [-0.25, -0.2) is 4.79 Å².